The molecule has 3 aromatic rings. The number of aromatic nitrogens is 4. The van der Waals surface area contributed by atoms with Crippen LogP contribution in [0.3, 0.4) is 0 Å². The number of rotatable bonds is 4. The van der Waals surface area contributed by atoms with E-state index in [1.165, 1.54) is 10.5 Å². The smallest absolute Gasteiger partial charge is 0.245 e. The largest absolute Gasteiger partial charge is 0.354 e. The summed E-state index contributed by atoms with van der Waals surface area (Å²) >= 11 is 0. The van der Waals surface area contributed by atoms with E-state index < -0.39 is 10.0 Å². The fourth-order valence-electron chi connectivity index (χ4n) is 3.44. The van der Waals surface area contributed by atoms with Crippen LogP contribution in [-0.4, -0.2) is 58.8 Å². The van der Waals surface area contributed by atoms with Gasteiger partial charge in [-0.2, -0.15) is 4.31 Å². The highest BCUT2D eigenvalue weighted by molar-refractivity contribution is 7.89. The van der Waals surface area contributed by atoms with Crippen LogP contribution in [-0.2, 0) is 10.0 Å². The number of nitrogens with one attached hydrogen (secondary N) is 1. The van der Waals surface area contributed by atoms with Crippen LogP contribution < -0.4 is 4.90 Å². The Kier molecular flexibility index (Phi) is 4.80. The molecule has 1 fully saturated rings. The van der Waals surface area contributed by atoms with E-state index in [2.05, 4.69) is 38.7 Å². The molecule has 0 spiro atoms. The van der Waals surface area contributed by atoms with Crippen molar-refractivity contribution in [2.75, 3.05) is 31.1 Å². The summed E-state index contributed by atoms with van der Waals surface area (Å²) in [6.45, 7) is 8.10. The van der Waals surface area contributed by atoms with Crippen LogP contribution in [0.5, 0.6) is 0 Å². The van der Waals surface area contributed by atoms with Gasteiger partial charge in [-0.05, 0) is 19.1 Å². The Bertz CT molecular complexity index is 1100. The molecule has 148 valence electrons. The number of pyridine rings is 1. The van der Waals surface area contributed by atoms with Crippen molar-refractivity contribution in [1.29, 1.82) is 0 Å². The quantitative estimate of drug-likeness (QED) is 0.722. The molecule has 1 aliphatic rings. The molecule has 0 aliphatic carbocycles. The third-order valence-electron chi connectivity index (χ3n) is 4.97. The van der Waals surface area contributed by atoms with Crippen molar-refractivity contribution in [2.24, 2.45) is 0 Å². The lowest BCUT2D eigenvalue weighted by Crippen LogP contribution is -2.49. The fraction of sp³-hybridized carbons (Fsp3) is 0.421. The predicted molar refractivity (Wildman–Crippen MR) is 108 cm³/mol. The van der Waals surface area contributed by atoms with Crippen molar-refractivity contribution in [2.45, 2.75) is 31.6 Å². The lowest BCUT2D eigenvalue weighted by Gasteiger charge is -2.34. The maximum Gasteiger partial charge on any atom is 0.245 e. The van der Waals surface area contributed by atoms with Crippen LogP contribution in [0.25, 0.3) is 11.0 Å². The van der Waals surface area contributed by atoms with Gasteiger partial charge in [-0.15, -0.1) is 0 Å². The third kappa shape index (κ3) is 3.35. The van der Waals surface area contributed by atoms with Crippen molar-refractivity contribution in [1.82, 2.24) is 24.2 Å². The number of nitrogens with zero attached hydrogens (tertiary/aromatic N) is 5. The zero-order valence-corrected chi connectivity index (χ0v) is 17.1. The minimum Gasteiger partial charge on any atom is -0.354 e. The molecule has 0 unspecified atom stereocenters. The number of anilines is 1. The highest BCUT2D eigenvalue weighted by atomic mass is 32.2. The van der Waals surface area contributed by atoms with Gasteiger partial charge in [0.25, 0.3) is 0 Å². The van der Waals surface area contributed by atoms with Gasteiger partial charge in [0.2, 0.25) is 10.0 Å². The van der Waals surface area contributed by atoms with Crippen LogP contribution in [0.1, 0.15) is 31.3 Å². The van der Waals surface area contributed by atoms with E-state index in [1.807, 2.05) is 13.0 Å². The first-order valence-electron chi connectivity index (χ1n) is 9.39. The molecular formula is C19H24N6O2S. The lowest BCUT2D eigenvalue weighted by atomic mass is 10.2. The maximum atomic E-state index is 13.1. The average molecular weight is 401 g/mol. The number of fused-ring (bicyclic) bond motifs is 1. The number of piperazine rings is 1. The Morgan fingerprint density at radius 1 is 1.14 bits per heavy atom. The molecule has 3 aromatic heterocycles. The molecule has 9 heteroatoms. The van der Waals surface area contributed by atoms with Gasteiger partial charge < -0.3 is 9.88 Å². The zero-order valence-electron chi connectivity index (χ0n) is 16.3. The number of aryl methyl sites for hydroxylation is 1. The summed E-state index contributed by atoms with van der Waals surface area (Å²) in [6, 6.07) is 5.48. The Hall–Kier alpha value is -2.52. The highest BCUT2D eigenvalue weighted by Crippen LogP contribution is 2.26. The van der Waals surface area contributed by atoms with Gasteiger partial charge in [0.1, 0.15) is 22.2 Å². The van der Waals surface area contributed by atoms with Crippen LogP contribution in [0, 0.1) is 6.92 Å². The summed E-state index contributed by atoms with van der Waals surface area (Å²) in [6.07, 6.45) is 3.17. The molecule has 8 nitrogen and oxygen atoms in total. The van der Waals surface area contributed by atoms with Crippen LogP contribution in [0.4, 0.5) is 5.82 Å². The second-order valence-corrected chi connectivity index (χ2v) is 9.23. The summed E-state index contributed by atoms with van der Waals surface area (Å²) < 4.78 is 27.8. The van der Waals surface area contributed by atoms with E-state index in [0.29, 0.717) is 37.2 Å². The molecule has 4 heterocycles. The molecular weight excluding hydrogens is 376 g/mol. The van der Waals surface area contributed by atoms with Gasteiger partial charge in [0, 0.05) is 61.6 Å². The molecule has 0 aromatic carbocycles. The van der Waals surface area contributed by atoms with E-state index in [9.17, 15) is 8.42 Å². The monoisotopic (exact) mass is 400 g/mol. The van der Waals surface area contributed by atoms with Crippen molar-refractivity contribution in [3.8, 4) is 0 Å². The molecule has 1 N–H and O–H groups in total. The van der Waals surface area contributed by atoms with Gasteiger partial charge in [0.05, 0.1) is 0 Å². The Labute approximate surface area is 164 Å². The molecule has 1 aliphatic heterocycles. The van der Waals surface area contributed by atoms with Crippen LogP contribution >= 0.6 is 0 Å². The third-order valence-corrected chi connectivity index (χ3v) is 6.91. The summed E-state index contributed by atoms with van der Waals surface area (Å²) in [5.41, 5.74) is 1.51. The predicted octanol–water partition coefficient (Wildman–Crippen LogP) is 2.30. The van der Waals surface area contributed by atoms with Gasteiger partial charge in [-0.3, -0.25) is 0 Å². The second-order valence-electron chi connectivity index (χ2n) is 7.32. The average Bonchev–Trinajstić information content (AvgIpc) is 3.12. The van der Waals surface area contributed by atoms with E-state index in [-0.39, 0.29) is 10.8 Å². The maximum absolute atomic E-state index is 13.1. The summed E-state index contributed by atoms with van der Waals surface area (Å²) in [4.78, 5) is 18.7. The molecule has 4 rings (SSSR count). The van der Waals surface area contributed by atoms with Crippen molar-refractivity contribution in [3.63, 3.8) is 0 Å². The van der Waals surface area contributed by atoms with Gasteiger partial charge in [-0.25, -0.2) is 23.4 Å². The normalized spacial score (nSPS) is 16.2. The fourth-order valence-corrected chi connectivity index (χ4v) is 5.01. The minimum atomic E-state index is -3.58. The second kappa shape index (κ2) is 7.14. The molecule has 0 saturated carbocycles. The summed E-state index contributed by atoms with van der Waals surface area (Å²) in [5.74, 6) is 1.93. The van der Waals surface area contributed by atoms with Gasteiger partial charge >= 0.3 is 0 Å². The van der Waals surface area contributed by atoms with Gasteiger partial charge in [0.15, 0.2) is 0 Å². The van der Waals surface area contributed by atoms with Gasteiger partial charge in [-0.1, -0.05) is 13.8 Å². The van der Waals surface area contributed by atoms with E-state index in [4.69, 9.17) is 0 Å². The first-order valence-corrected chi connectivity index (χ1v) is 10.8. The van der Waals surface area contributed by atoms with E-state index in [0.717, 1.165) is 17.3 Å². The van der Waals surface area contributed by atoms with E-state index >= 15 is 0 Å². The zero-order chi connectivity index (χ0) is 19.9. The summed E-state index contributed by atoms with van der Waals surface area (Å²) in [7, 11) is -3.58. The van der Waals surface area contributed by atoms with Crippen molar-refractivity contribution in [3.05, 3.63) is 42.1 Å². The molecule has 0 amide bonds. The molecule has 0 radical (unpaired) electrons. The molecule has 0 bridgehead atoms. The van der Waals surface area contributed by atoms with E-state index in [1.54, 1.807) is 18.3 Å². The first kappa shape index (κ1) is 18.8. The Morgan fingerprint density at radius 2 is 1.89 bits per heavy atom. The Balaban J connectivity index is 1.54. The van der Waals surface area contributed by atoms with Crippen molar-refractivity contribution < 1.29 is 8.42 Å². The molecule has 0 atom stereocenters. The number of hydrogen-bond acceptors (Lipinski definition) is 6. The van der Waals surface area contributed by atoms with Crippen LogP contribution in [0.2, 0.25) is 0 Å². The molecule has 1 saturated heterocycles. The standard InChI is InChI=1S/C19H24N6O2S/c1-13(2)18-22-14(3)11-17(23-18)24-7-9-25(10-8-24)28(26,27)16-12-21-19-15(16)5-4-6-20-19/h4-6,11-13H,7-10H2,1-3H3,(H,20,21). The topological polar surface area (TPSA) is 95.1 Å². The Morgan fingerprint density at radius 3 is 2.61 bits per heavy atom. The SMILES string of the molecule is Cc1cc(N2CCN(S(=O)(=O)c3c[nH]c4ncccc34)CC2)nc(C(C)C)n1. The van der Waals surface area contributed by atoms with Crippen LogP contribution in [0.15, 0.2) is 35.5 Å². The number of sulfonamides is 1. The first-order chi connectivity index (χ1) is 13.4. The number of aromatic amines is 1. The number of H-pyrrole nitrogens is 1. The highest BCUT2D eigenvalue weighted by Gasteiger charge is 2.31. The number of hydrogen-bond donors (Lipinski definition) is 1. The van der Waals surface area contributed by atoms with Crippen molar-refractivity contribution >= 4 is 26.9 Å². The summed E-state index contributed by atoms with van der Waals surface area (Å²) in [5, 5.41) is 0.623. The molecule has 28 heavy (non-hydrogen) atoms. The minimum absolute atomic E-state index is 0.246. The lowest BCUT2D eigenvalue weighted by molar-refractivity contribution is 0.384.